The lowest BCUT2D eigenvalue weighted by molar-refractivity contribution is -0.141. The molecule has 3 rings (SSSR count). The highest BCUT2D eigenvalue weighted by molar-refractivity contribution is 5.93. The van der Waals surface area contributed by atoms with E-state index >= 15 is 0 Å². The van der Waals surface area contributed by atoms with Crippen LogP contribution in [0.3, 0.4) is 0 Å². The Balaban J connectivity index is 1.55. The molecule has 0 atom stereocenters. The molecule has 27 heavy (non-hydrogen) atoms. The number of hydrogen-bond acceptors (Lipinski definition) is 4. The summed E-state index contributed by atoms with van der Waals surface area (Å²) < 4.78 is 40.1. The van der Waals surface area contributed by atoms with Crippen LogP contribution in [0.1, 0.15) is 28.9 Å². The summed E-state index contributed by atoms with van der Waals surface area (Å²) in [6, 6.07) is 3.97. The molecule has 0 radical (unpaired) electrons. The van der Waals surface area contributed by atoms with Gasteiger partial charge in [-0.2, -0.15) is 18.3 Å². The third-order valence-electron chi connectivity index (χ3n) is 4.79. The van der Waals surface area contributed by atoms with Crippen LogP contribution in [0.5, 0.6) is 0 Å². The molecule has 1 aliphatic heterocycles. The van der Waals surface area contributed by atoms with Crippen LogP contribution < -0.4 is 4.90 Å². The normalized spacial score (nSPS) is 15.8. The highest BCUT2D eigenvalue weighted by Gasteiger charge is 2.33. The molecule has 0 bridgehead atoms. The number of carbonyl (C=O) groups excluding carboxylic acids is 1. The Morgan fingerprint density at radius 1 is 1.30 bits per heavy atom. The zero-order valence-electron chi connectivity index (χ0n) is 15.3. The van der Waals surface area contributed by atoms with Crippen molar-refractivity contribution >= 4 is 11.7 Å². The number of nitrogens with zero attached hydrogens (tertiary/aromatic N) is 5. The first-order valence-corrected chi connectivity index (χ1v) is 8.77. The first-order chi connectivity index (χ1) is 12.7. The van der Waals surface area contributed by atoms with Gasteiger partial charge in [0.25, 0.3) is 5.91 Å². The first kappa shape index (κ1) is 19.2. The van der Waals surface area contributed by atoms with Crippen molar-refractivity contribution < 1.29 is 18.0 Å². The summed E-state index contributed by atoms with van der Waals surface area (Å²) in [5.41, 5.74) is -0.325. The second-order valence-corrected chi connectivity index (χ2v) is 6.90. The van der Waals surface area contributed by atoms with Gasteiger partial charge < -0.3 is 9.80 Å². The van der Waals surface area contributed by atoms with Crippen LogP contribution in [-0.4, -0.2) is 52.3 Å². The monoisotopic (exact) mass is 381 g/mol. The molecular formula is C18H22F3N5O. The fourth-order valence-electron chi connectivity index (χ4n) is 3.32. The van der Waals surface area contributed by atoms with Crippen LogP contribution in [0.2, 0.25) is 0 Å². The van der Waals surface area contributed by atoms with E-state index in [1.165, 1.54) is 6.07 Å². The molecule has 2 aromatic heterocycles. The highest BCUT2D eigenvalue weighted by Crippen LogP contribution is 2.30. The third-order valence-corrected chi connectivity index (χ3v) is 4.79. The van der Waals surface area contributed by atoms with E-state index in [1.807, 2.05) is 4.90 Å². The molecule has 146 valence electrons. The first-order valence-electron chi connectivity index (χ1n) is 8.77. The average molecular weight is 381 g/mol. The number of piperidine rings is 1. The molecule has 3 heterocycles. The zero-order valence-corrected chi connectivity index (χ0v) is 15.3. The van der Waals surface area contributed by atoms with E-state index in [0.29, 0.717) is 36.9 Å². The second-order valence-electron chi connectivity index (χ2n) is 6.90. The minimum Gasteiger partial charge on any atom is -0.357 e. The molecular weight excluding hydrogens is 359 g/mol. The van der Waals surface area contributed by atoms with Gasteiger partial charge in [-0.05, 0) is 30.9 Å². The maximum absolute atomic E-state index is 12.8. The predicted molar refractivity (Wildman–Crippen MR) is 94.3 cm³/mol. The van der Waals surface area contributed by atoms with Gasteiger partial charge in [0.15, 0.2) is 0 Å². The van der Waals surface area contributed by atoms with E-state index < -0.39 is 11.9 Å². The third kappa shape index (κ3) is 4.58. The van der Waals surface area contributed by atoms with Crippen molar-refractivity contribution in [2.24, 2.45) is 13.0 Å². The smallest absolute Gasteiger partial charge is 0.357 e. The Morgan fingerprint density at radius 3 is 2.59 bits per heavy atom. The molecule has 0 aromatic carbocycles. The maximum atomic E-state index is 12.8. The molecule has 9 heteroatoms. The van der Waals surface area contributed by atoms with Crippen LogP contribution in [-0.2, 0) is 13.2 Å². The van der Waals surface area contributed by atoms with E-state index in [0.717, 1.165) is 18.9 Å². The predicted octanol–water partition coefficient (Wildman–Crippen LogP) is 2.82. The largest absolute Gasteiger partial charge is 0.433 e. The van der Waals surface area contributed by atoms with E-state index in [2.05, 4.69) is 10.1 Å². The van der Waals surface area contributed by atoms with Gasteiger partial charge in [0.2, 0.25) is 0 Å². The van der Waals surface area contributed by atoms with Crippen molar-refractivity contribution in [1.82, 2.24) is 19.7 Å². The number of alkyl halides is 3. The number of aromatic nitrogens is 3. The minimum atomic E-state index is -4.44. The van der Waals surface area contributed by atoms with Crippen molar-refractivity contribution in [3.05, 3.63) is 41.9 Å². The highest BCUT2D eigenvalue weighted by atomic mass is 19.4. The zero-order chi connectivity index (χ0) is 19.6. The van der Waals surface area contributed by atoms with Crippen molar-refractivity contribution in [1.29, 1.82) is 0 Å². The van der Waals surface area contributed by atoms with Gasteiger partial charge in [-0.25, -0.2) is 4.98 Å². The van der Waals surface area contributed by atoms with Gasteiger partial charge in [0.05, 0.1) is 11.8 Å². The van der Waals surface area contributed by atoms with Crippen LogP contribution in [0.4, 0.5) is 19.0 Å². The number of rotatable bonds is 4. The fourth-order valence-corrected chi connectivity index (χ4v) is 3.32. The molecule has 0 aliphatic carbocycles. The molecule has 0 saturated carbocycles. The standard InChI is InChI=1S/C18H22F3N5O/c1-24(17(27)14-10-22-25(2)12-14)11-13-6-8-26(9-7-13)16-5-3-4-15(23-16)18(19,20)21/h3-5,10,12-13H,6-9,11H2,1-2H3. The average Bonchev–Trinajstić information content (AvgIpc) is 3.07. The Kier molecular flexibility index (Phi) is 5.38. The molecule has 2 aromatic rings. The van der Waals surface area contributed by atoms with Gasteiger partial charge in [-0.15, -0.1) is 0 Å². The topological polar surface area (TPSA) is 54.3 Å². The molecule has 0 unspecified atom stereocenters. The summed E-state index contributed by atoms with van der Waals surface area (Å²) in [6.07, 6.45) is 0.371. The van der Waals surface area contributed by atoms with E-state index in [1.54, 1.807) is 42.1 Å². The Bertz CT molecular complexity index is 796. The quantitative estimate of drug-likeness (QED) is 0.817. The number of carbonyl (C=O) groups is 1. The summed E-state index contributed by atoms with van der Waals surface area (Å²) >= 11 is 0. The number of anilines is 1. The molecule has 1 amide bonds. The van der Waals surface area contributed by atoms with E-state index in [9.17, 15) is 18.0 Å². The summed E-state index contributed by atoms with van der Waals surface area (Å²) in [6.45, 7) is 1.85. The molecule has 1 saturated heterocycles. The minimum absolute atomic E-state index is 0.0786. The fraction of sp³-hybridized carbons (Fsp3) is 0.500. The maximum Gasteiger partial charge on any atom is 0.433 e. The van der Waals surface area contributed by atoms with Crippen molar-refractivity contribution in [3.63, 3.8) is 0 Å². The van der Waals surface area contributed by atoms with E-state index in [4.69, 9.17) is 0 Å². The summed E-state index contributed by atoms with van der Waals surface area (Å²) in [4.78, 5) is 19.7. The number of amides is 1. The van der Waals surface area contributed by atoms with Crippen LogP contribution >= 0.6 is 0 Å². The van der Waals surface area contributed by atoms with Gasteiger partial charge in [0, 0.05) is 39.9 Å². The molecule has 6 nitrogen and oxygen atoms in total. The summed E-state index contributed by atoms with van der Waals surface area (Å²) in [7, 11) is 3.52. The van der Waals surface area contributed by atoms with Gasteiger partial charge in [-0.1, -0.05) is 6.07 Å². The number of pyridine rings is 1. The Hall–Kier alpha value is -2.58. The Morgan fingerprint density at radius 2 is 2.00 bits per heavy atom. The van der Waals surface area contributed by atoms with Gasteiger partial charge in [-0.3, -0.25) is 9.48 Å². The van der Waals surface area contributed by atoms with Crippen molar-refractivity contribution in [3.8, 4) is 0 Å². The lowest BCUT2D eigenvalue weighted by Crippen LogP contribution is -2.39. The van der Waals surface area contributed by atoms with Crippen LogP contribution in [0, 0.1) is 5.92 Å². The Labute approximate surface area is 155 Å². The van der Waals surface area contributed by atoms with Crippen molar-refractivity contribution in [2.75, 3.05) is 31.6 Å². The van der Waals surface area contributed by atoms with Crippen LogP contribution in [0.25, 0.3) is 0 Å². The number of hydrogen-bond donors (Lipinski definition) is 0. The van der Waals surface area contributed by atoms with Crippen molar-refractivity contribution in [2.45, 2.75) is 19.0 Å². The number of aryl methyl sites for hydroxylation is 1. The molecule has 1 fully saturated rings. The van der Waals surface area contributed by atoms with E-state index in [-0.39, 0.29) is 5.91 Å². The van der Waals surface area contributed by atoms with Crippen LogP contribution in [0.15, 0.2) is 30.6 Å². The van der Waals surface area contributed by atoms with Gasteiger partial charge >= 0.3 is 6.18 Å². The van der Waals surface area contributed by atoms with Gasteiger partial charge in [0.1, 0.15) is 11.5 Å². The molecule has 0 spiro atoms. The second kappa shape index (κ2) is 7.58. The SMILES string of the molecule is CN(CC1CCN(c2cccc(C(F)(F)F)n2)CC1)C(=O)c1cnn(C)c1. The molecule has 1 aliphatic rings. The number of halogens is 3. The summed E-state index contributed by atoms with van der Waals surface area (Å²) in [5, 5.41) is 4.01. The molecule has 0 N–H and O–H groups in total. The lowest BCUT2D eigenvalue weighted by atomic mass is 9.96. The summed E-state index contributed by atoms with van der Waals surface area (Å²) in [5.74, 6) is 0.575. The lowest BCUT2D eigenvalue weighted by Gasteiger charge is -2.34.